The first-order chi connectivity index (χ1) is 9.99. The number of piperidine rings is 1. The molecule has 0 aliphatic carbocycles. The van der Waals surface area contributed by atoms with Crippen LogP contribution in [-0.2, 0) is 11.8 Å². The molecule has 0 unspecified atom stereocenters. The summed E-state index contributed by atoms with van der Waals surface area (Å²) in [5, 5.41) is 2.81. The molecule has 1 saturated heterocycles. The standard InChI is InChI=1S/C15H21N3O3/c1-11(19)16-10-12-5-8-18(9-6-12)15(21)13-4-3-7-17(2)14(13)20/h3-4,7,12H,5-6,8-10H2,1-2H3,(H,16,19). The van der Waals surface area contributed by atoms with Crippen LogP contribution in [0.4, 0.5) is 0 Å². The number of amides is 2. The minimum Gasteiger partial charge on any atom is -0.356 e. The molecule has 21 heavy (non-hydrogen) atoms. The molecular formula is C15H21N3O3. The van der Waals surface area contributed by atoms with Crippen molar-refractivity contribution in [1.29, 1.82) is 0 Å². The number of hydrogen-bond donors (Lipinski definition) is 1. The second-order valence-corrected chi connectivity index (χ2v) is 5.51. The van der Waals surface area contributed by atoms with Crippen molar-refractivity contribution in [2.24, 2.45) is 13.0 Å². The molecule has 0 atom stereocenters. The molecule has 1 fully saturated rings. The van der Waals surface area contributed by atoms with Gasteiger partial charge < -0.3 is 14.8 Å². The fraction of sp³-hybridized carbons (Fsp3) is 0.533. The molecule has 1 aliphatic heterocycles. The van der Waals surface area contributed by atoms with Crippen molar-refractivity contribution in [3.05, 3.63) is 34.2 Å². The summed E-state index contributed by atoms with van der Waals surface area (Å²) >= 11 is 0. The fourth-order valence-corrected chi connectivity index (χ4v) is 2.56. The van der Waals surface area contributed by atoms with Crippen LogP contribution in [0, 0.1) is 5.92 Å². The van der Waals surface area contributed by atoms with E-state index in [4.69, 9.17) is 0 Å². The maximum atomic E-state index is 12.4. The van der Waals surface area contributed by atoms with Crippen LogP contribution in [0.15, 0.2) is 23.1 Å². The third-order valence-electron chi connectivity index (χ3n) is 3.90. The highest BCUT2D eigenvalue weighted by molar-refractivity contribution is 5.93. The van der Waals surface area contributed by atoms with E-state index in [1.54, 1.807) is 30.3 Å². The Morgan fingerprint density at radius 1 is 1.33 bits per heavy atom. The second kappa shape index (κ2) is 6.56. The Morgan fingerprint density at radius 3 is 2.62 bits per heavy atom. The van der Waals surface area contributed by atoms with Gasteiger partial charge in [-0.25, -0.2) is 0 Å². The van der Waals surface area contributed by atoms with Gasteiger partial charge in [-0.15, -0.1) is 0 Å². The van der Waals surface area contributed by atoms with Gasteiger partial charge in [0.1, 0.15) is 5.56 Å². The van der Waals surface area contributed by atoms with Gasteiger partial charge in [0.25, 0.3) is 11.5 Å². The molecule has 6 heteroatoms. The van der Waals surface area contributed by atoms with Crippen LogP contribution < -0.4 is 10.9 Å². The zero-order valence-electron chi connectivity index (χ0n) is 12.5. The predicted molar refractivity (Wildman–Crippen MR) is 79.0 cm³/mol. The first kappa shape index (κ1) is 15.3. The van der Waals surface area contributed by atoms with Crippen LogP contribution >= 0.6 is 0 Å². The lowest BCUT2D eigenvalue weighted by Crippen LogP contribution is -2.43. The maximum Gasteiger partial charge on any atom is 0.263 e. The van der Waals surface area contributed by atoms with Crippen LogP contribution in [0.5, 0.6) is 0 Å². The highest BCUT2D eigenvalue weighted by atomic mass is 16.2. The molecule has 0 bridgehead atoms. The number of pyridine rings is 1. The van der Waals surface area contributed by atoms with E-state index in [9.17, 15) is 14.4 Å². The number of likely N-dealkylation sites (tertiary alicyclic amines) is 1. The molecule has 1 aliphatic rings. The van der Waals surface area contributed by atoms with E-state index in [0.29, 0.717) is 25.6 Å². The monoisotopic (exact) mass is 291 g/mol. The van der Waals surface area contributed by atoms with Crippen molar-refractivity contribution >= 4 is 11.8 Å². The number of nitrogens with zero attached hydrogens (tertiary/aromatic N) is 2. The molecule has 0 saturated carbocycles. The van der Waals surface area contributed by atoms with E-state index in [1.807, 2.05) is 0 Å². The summed E-state index contributed by atoms with van der Waals surface area (Å²) in [4.78, 5) is 37.0. The molecule has 2 rings (SSSR count). The maximum absolute atomic E-state index is 12.4. The average molecular weight is 291 g/mol. The van der Waals surface area contributed by atoms with Crippen LogP contribution in [0.1, 0.15) is 30.1 Å². The molecule has 0 spiro atoms. The van der Waals surface area contributed by atoms with Crippen LogP contribution in [0.2, 0.25) is 0 Å². The summed E-state index contributed by atoms with van der Waals surface area (Å²) in [5.41, 5.74) is -0.0387. The number of aromatic nitrogens is 1. The molecule has 1 aromatic rings. The summed E-state index contributed by atoms with van der Waals surface area (Å²) in [6.45, 7) is 3.41. The smallest absolute Gasteiger partial charge is 0.263 e. The van der Waals surface area contributed by atoms with Gasteiger partial charge >= 0.3 is 0 Å². The number of hydrogen-bond acceptors (Lipinski definition) is 3. The van der Waals surface area contributed by atoms with E-state index in [-0.39, 0.29) is 22.9 Å². The predicted octanol–water partition coefficient (Wildman–Crippen LogP) is 0.374. The minimum absolute atomic E-state index is 0.0266. The lowest BCUT2D eigenvalue weighted by molar-refractivity contribution is -0.119. The lowest BCUT2D eigenvalue weighted by Gasteiger charge is -2.32. The van der Waals surface area contributed by atoms with Crippen molar-refractivity contribution < 1.29 is 9.59 Å². The van der Waals surface area contributed by atoms with E-state index in [1.165, 1.54) is 11.5 Å². The molecule has 6 nitrogen and oxygen atoms in total. The summed E-state index contributed by atoms with van der Waals surface area (Å²) in [5.74, 6) is 0.173. The van der Waals surface area contributed by atoms with Gasteiger partial charge in [0.15, 0.2) is 0 Å². The van der Waals surface area contributed by atoms with Gasteiger partial charge in [0.05, 0.1) is 0 Å². The van der Waals surface area contributed by atoms with Crippen molar-refractivity contribution in [3.63, 3.8) is 0 Å². The zero-order chi connectivity index (χ0) is 15.4. The van der Waals surface area contributed by atoms with E-state index in [0.717, 1.165) is 12.8 Å². The number of carbonyl (C=O) groups is 2. The van der Waals surface area contributed by atoms with Crippen molar-refractivity contribution in [3.8, 4) is 0 Å². The molecule has 0 radical (unpaired) electrons. The van der Waals surface area contributed by atoms with Crippen molar-refractivity contribution in [2.75, 3.05) is 19.6 Å². The van der Waals surface area contributed by atoms with E-state index >= 15 is 0 Å². The minimum atomic E-state index is -0.261. The SMILES string of the molecule is CC(=O)NCC1CCN(C(=O)c2cccn(C)c2=O)CC1. The Hall–Kier alpha value is -2.11. The largest absolute Gasteiger partial charge is 0.356 e. The van der Waals surface area contributed by atoms with Gasteiger partial charge in [-0.3, -0.25) is 14.4 Å². The third kappa shape index (κ3) is 3.71. The van der Waals surface area contributed by atoms with Crippen molar-refractivity contribution in [2.45, 2.75) is 19.8 Å². The molecule has 2 heterocycles. The summed E-state index contributed by atoms with van der Waals surface area (Å²) in [6, 6.07) is 3.28. The summed E-state index contributed by atoms with van der Waals surface area (Å²) in [6.07, 6.45) is 3.33. The molecule has 1 aromatic heterocycles. The van der Waals surface area contributed by atoms with E-state index < -0.39 is 0 Å². The van der Waals surface area contributed by atoms with Gasteiger partial charge in [0, 0.05) is 39.8 Å². The Morgan fingerprint density at radius 2 is 2.00 bits per heavy atom. The van der Waals surface area contributed by atoms with E-state index in [2.05, 4.69) is 5.32 Å². The van der Waals surface area contributed by atoms with Crippen LogP contribution in [0.3, 0.4) is 0 Å². The Bertz CT molecular complexity index is 586. The number of rotatable bonds is 3. The topological polar surface area (TPSA) is 71.4 Å². The van der Waals surface area contributed by atoms with Crippen LogP contribution in [-0.4, -0.2) is 40.9 Å². The molecule has 1 N–H and O–H groups in total. The second-order valence-electron chi connectivity index (χ2n) is 5.51. The summed E-state index contributed by atoms with van der Waals surface area (Å²) in [7, 11) is 1.64. The molecule has 114 valence electrons. The Labute approximate surface area is 123 Å². The molecule has 0 aromatic carbocycles. The number of aryl methyl sites for hydroxylation is 1. The first-order valence-electron chi connectivity index (χ1n) is 7.18. The van der Waals surface area contributed by atoms with Gasteiger partial charge in [-0.2, -0.15) is 0 Å². The average Bonchev–Trinajstić information content (AvgIpc) is 2.48. The highest BCUT2D eigenvalue weighted by Crippen LogP contribution is 2.17. The van der Waals surface area contributed by atoms with Gasteiger partial charge in [0.2, 0.25) is 5.91 Å². The molecule has 2 amide bonds. The fourth-order valence-electron chi connectivity index (χ4n) is 2.56. The van der Waals surface area contributed by atoms with Crippen LogP contribution in [0.25, 0.3) is 0 Å². The highest BCUT2D eigenvalue weighted by Gasteiger charge is 2.25. The number of nitrogens with one attached hydrogen (secondary N) is 1. The lowest BCUT2D eigenvalue weighted by atomic mass is 9.96. The third-order valence-corrected chi connectivity index (χ3v) is 3.90. The first-order valence-corrected chi connectivity index (χ1v) is 7.18. The Kier molecular flexibility index (Phi) is 4.77. The van der Waals surface area contributed by atoms with Gasteiger partial charge in [-0.05, 0) is 30.9 Å². The quantitative estimate of drug-likeness (QED) is 0.875. The van der Waals surface area contributed by atoms with Gasteiger partial charge in [-0.1, -0.05) is 0 Å². The van der Waals surface area contributed by atoms with Crippen molar-refractivity contribution in [1.82, 2.24) is 14.8 Å². The number of carbonyl (C=O) groups excluding carboxylic acids is 2. The normalized spacial score (nSPS) is 15.8. The zero-order valence-corrected chi connectivity index (χ0v) is 12.5. The summed E-state index contributed by atoms with van der Waals surface area (Å²) < 4.78 is 1.41. The Balaban J connectivity index is 1.96. The molecular weight excluding hydrogens is 270 g/mol.